The number of carbonyl (C=O) groups excluding carboxylic acids is 2. The molecule has 2 aromatic carbocycles. The van der Waals surface area contributed by atoms with E-state index in [1.165, 1.54) is 43.9 Å². The molecule has 2 aliphatic rings. The Balaban J connectivity index is 1.26. The fourth-order valence-corrected chi connectivity index (χ4v) is 4.72. The van der Waals surface area contributed by atoms with Crippen molar-refractivity contribution in [3.8, 4) is 0 Å². The van der Waals surface area contributed by atoms with E-state index in [4.69, 9.17) is 0 Å². The lowest BCUT2D eigenvalue weighted by atomic mass is 10.0. The number of anilines is 2. The highest BCUT2D eigenvalue weighted by atomic mass is 16.6. The molecule has 2 aromatic rings. The Morgan fingerprint density at radius 1 is 1.00 bits per heavy atom. The van der Waals surface area contributed by atoms with Crippen molar-refractivity contribution < 1.29 is 14.5 Å². The molecule has 8 nitrogen and oxygen atoms in total. The van der Waals surface area contributed by atoms with Crippen molar-refractivity contribution in [2.75, 3.05) is 36.4 Å². The second-order valence-electron chi connectivity index (χ2n) is 8.87. The van der Waals surface area contributed by atoms with Crippen LogP contribution in [-0.4, -0.2) is 47.8 Å². The minimum Gasteiger partial charge on any atom is -0.368 e. The lowest BCUT2D eigenvalue weighted by molar-refractivity contribution is -0.384. The van der Waals surface area contributed by atoms with Crippen molar-refractivity contribution in [2.45, 2.75) is 38.5 Å². The summed E-state index contributed by atoms with van der Waals surface area (Å²) >= 11 is 0. The molecule has 4 rings (SSSR count). The molecule has 1 N–H and O–H groups in total. The van der Waals surface area contributed by atoms with E-state index in [9.17, 15) is 19.7 Å². The second kappa shape index (κ2) is 10.5. The first-order chi connectivity index (χ1) is 16.0. The number of carbonyl (C=O) groups is 2. The maximum absolute atomic E-state index is 12.6. The van der Waals surface area contributed by atoms with Gasteiger partial charge in [-0.05, 0) is 42.7 Å². The zero-order chi connectivity index (χ0) is 23.2. The second-order valence-corrected chi connectivity index (χ2v) is 8.87. The average molecular weight is 451 g/mol. The molecule has 0 aromatic heterocycles. The van der Waals surface area contributed by atoms with Gasteiger partial charge in [0.25, 0.3) is 11.6 Å². The molecule has 1 aliphatic carbocycles. The molecule has 1 saturated carbocycles. The zero-order valence-corrected chi connectivity index (χ0v) is 18.7. The first kappa shape index (κ1) is 22.8. The Morgan fingerprint density at radius 3 is 2.36 bits per heavy atom. The van der Waals surface area contributed by atoms with Crippen LogP contribution >= 0.6 is 0 Å². The monoisotopic (exact) mass is 450 g/mol. The van der Waals surface area contributed by atoms with Gasteiger partial charge in [-0.1, -0.05) is 31.7 Å². The van der Waals surface area contributed by atoms with E-state index in [2.05, 4.69) is 10.2 Å². The molecule has 33 heavy (non-hydrogen) atoms. The van der Waals surface area contributed by atoms with Gasteiger partial charge in [-0.3, -0.25) is 19.7 Å². The van der Waals surface area contributed by atoms with Crippen molar-refractivity contribution in [3.63, 3.8) is 0 Å². The average Bonchev–Trinajstić information content (AvgIpc) is 3.37. The maximum atomic E-state index is 12.6. The molecule has 0 unspecified atom stereocenters. The minimum absolute atomic E-state index is 0.117. The van der Waals surface area contributed by atoms with E-state index in [1.54, 1.807) is 6.07 Å². The number of nitrogens with one attached hydrogen (secondary N) is 1. The zero-order valence-electron chi connectivity index (χ0n) is 18.7. The molecule has 2 fully saturated rings. The van der Waals surface area contributed by atoms with E-state index in [1.807, 2.05) is 29.2 Å². The molecule has 1 aliphatic heterocycles. The highest BCUT2D eigenvalue weighted by Gasteiger charge is 2.23. The third kappa shape index (κ3) is 5.88. The Kier molecular flexibility index (Phi) is 7.22. The lowest BCUT2D eigenvalue weighted by Crippen LogP contribution is -2.48. The molecule has 1 saturated heterocycles. The van der Waals surface area contributed by atoms with Crippen LogP contribution in [0.25, 0.3) is 0 Å². The summed E-state index contributed by atoms with van der Waals surface area (Å²) in [6, 6.07) is 13.2. The van der Waals surface area contributed by atoms with Crippen molar-refractivity contribution in [1.29, 1.82) is 0 Å². The fourth-order valence-electron chi connectivity index (χ4n) is 4.72. The summed E-state index contributed by atoms with van der Waals surface area (Å²) in [6.07, 6.45) is 6.89. The summed E-state index contributed by atoms with van der Waals surface area (Å²) in [7, 11) is 0. The molecule has 2 amide bonds. The van der Waals surface area contributed by atoms with E-state index in [-0.39, 0.29) is 17.2 Å². The van der Waals surface area contributed by atoms with Gasteiger partial charge in [0.2, 0.25) is 5.91 Å². The van der Waals surface area contributed by atoms with Gasteiger partial charge in [-0.15, -0.1) is 0 Å². The Morgan fingerprint density at radius 2 is 1.70 bits per heavy atom. The molecule has 0 bridgehead atoms. The molecule has 0 radical (unpaired) electrons. The van der Waals surface area contributed by atoms with Crippen LogP contribution in [0.3, 0.4) is 0 Å². The predicted octanol–water partition coefficient (Wildman–Crippen LogP) is 4.47. The quantitative estimate of drug-likeness (QED) is 0.496. The van der Waals surface area contributed by atoms with Crippen LogP contribution in [-0.2, 0) is 4.79 Å². The topological polar surface area (TPSA) is 95.8 Å². The summed E-state index contributed by atoms with van der Waals surface area (Å²) in [5.74, 6) is 0.628. The number of rotatable bonds is 7. The number of benzene rings is 2. The third-order valence-corrected chi connectivity index (χ3v) is 6.68. The van der Waals surface area contributed by atoms with Gasteiger partial charge in [0.15, 0.2) is 0 Å². The Bertz CT molecular complexity index is 994. The van der Waals surface area contributed by atoms with E-state index in [0.29, 0.717) is 12.1 Å². The summed E-state index contributed by atoms with van der Waals surface area (Å²) in [6.45, 7) is 3.03. The van der Waals surface area contributed by atoms with Crippen molar-refractivity contribution in [3.05, 3.63) is 64.2 Å². The van der Waals surface area contributed by atoms with Crippen LogP contribution in [0.1, 0.15) is 48.9 Å². The molecule has 1 heterocycles. The Labute approximate surface area is 193 Å². The van der Waals surface area contributed by atoms with Gasteiger partial charge in [-0.2, -0.15) is 0 Å². The van der Waals surface area contributed by atoms with Crippen LogP contribution in [0.5, 0.6) is 0 Å². The number of nitro groups is 1. The summed E-state index contributed by atoms with van der Waals surface area (Å²) < 4.78 is 0. The molecular formula is C25H30N4O4. The van der Waals surface area contributed by atoms with Gasteiger partial charge in [0.1, 0.15) is 0 Å². The highest BCUT2D eigenvalue weighted by Crippen LogP contribution is 2.29. The molecule has 8 heteroatoms. The fraction of sp³-hybridized carbons (Fsp3) is 0.440. The van der Waals surface area contributed by atoms with E-state index in [0.717, 1.165) is 44.2 Å². The number of hydrogen-bond acceptors (Lipinski definition) is 5. The molecule has 174 valence electrons. The van der Waals surface area contributed by atoms with Gasteiger partial charge in [0.05, 0.1) is 4.92 Å². The van der Waals surface area contributed by atoms with Gasteiger partial charge >= 0.3 is 0 Å². The van der Waals surface area contributed by atoms with Crippen LogP contribution in [0.15, 0.2) is 48.5 Å². The summed E-state index contributed by atoms with van der Waals surface area (Å²) in [5, 5.41) is 13.7. The number of non-ortho nitro benzene ring substituents is 1. The standard InChI is InChI=1S/C25H30N4O4/c30-24(13-8-19-4-1-2-5-19)28-16-14-27(15-17-28)22-11-9-21(10-12-22)26-25(31)20-6-3-7-23(18-20)29(32)33/h3,6-7,9-12,18-19H,1-2,4-5,8,13-17H2,(H,26,31). The molecule has 0 atom stereocenters. The van der Waals surface area contributed by atoms with Crippen LogP contribution in [0.4, 0.5) is 17.1 Å². The predicted molar refractivity (Wildman–Crippen MR) is 127 cm³/mol. The first-order valence-electron chi connectivity index (χ1n) is 11.7. The van der Waals surface area contributed by atoms with Crippen molar-refractivity contribution in [1.82, 2.24) is 4.90 Å². The SMILES string of the molecule is O=C(Nc1ccc(N2CCN(C(=O)CCC3CCCC3)CC2)cc1)c1cccc([N+](=O)[O-])c1. The normalized spacial score (nSPS) is 16.6. The number of amides is 2. The smallest absolute Gasteiger partial charge is 0.270 e. The first-order valence-corrected chi connectivity index (χ1v) is 11.7. The van der Waals surface area contributed by atoms with Crippen LogP contribution in [0.2, 0.25) is 0 Å². The van der Waals surface area contributed by atoms with Gasteiger partial charge in [-0.25, -0.2) is 0 Å². The van der Waals surface area contributed by atoms with Gasteiger partial charge < -0.3 is 15.1 Å². The number of nitro benzene ring substituents is 1. The summed E-state index contributed by atoms with van der Waals surface area (Å²) in [4.78, 5) is 39.6. The van der Waals surface area contributed by atoms with Crippen LogP contribution in [0, 0.1) is 16.0 Å². The maximum Gasteiger partial charge on any atom is 0.270 e. The Hall–Kier alpha value is -3.42. The number of hydrogen-bond donors (Lipinski definition) is 1. The van der Waals surface area contributed by atoms with Crippen molar-refractivity contribution in [2.24, 2.45) is 5.92 Å². The lowest BCUT2D eigenvalue weighted by Gasteiger charge is -2.36. The number of nitrogens with zero attached hydrogens (tertiary/aromatic N) is 3. The minimum atomic E-state index is -0.519. The third-order valence-electron chi connectivity index (χ3n) is 6.68. The van der Waals surface area contributed by atoms with Crippen molar-refractivity contribution >= 4 is 28.9 Å². The molecule has 0 spiro atoms. The molecular weight excluding hydrogens is 420 g/mol. The van der Waals surface area contributed by atoms with Crippen LogP contribution < -0.4 is 10.2 Å². The largest absolute Gasteiger partial charge is 0.368 e. The van der Waals surface area contributed by atoms with E-state index >= 15 is 0 Å². The van der Waals surface area contributed by atoms with Gasteiger partial charge in [0, 0.05) is 61.7 Å². The summed E-state index contributed by atoms with van der Waals surface area (Å²) in [5.41, 5.74) is 1.79. The highest BCUT2D eigenvalue weighted by molar-refractivity contribution is 6.04. The number of piperazine rings is 1. The van der Waals surface area contributed by atoms with E-state index < -0.39 is 10.8 Å².